The Morgan fingerprint density at radius 1 is 1.05 bits per heavy atom. The first kappa shape index (κ1) is 17.1. The molecule has 0 aliphatic carbocycles. The summed E-state index contributed by atoms with van der Waals surface area (Å²) in [5, 5.41) is 4.68. The van der Waals surface area contributed by atoms with E-state index in [0.29, 0.717) is 16.7 Å². The Kier molecular flexibility index (Phi) is 7.04. The Labute approximate surface area is 142 Å². The van der Waals surface area contributed by atoms with Gasteiger partial charge in [-0.3, -0.25) is 0 Å². The zero-order valence-corrected chi connectivity index (χ0v) is 14.3. The predicted octanol–water partition coefficient (Wildman–Crippen LogP) is 5.46. The zero-order chi connectivity index (χ0) is 15.8. The van der Waals surface area contributed by atoms with Gasteiger partial charge in [0.25, 0.3) is 0 Å². The molecule has 0 aliphatic heterocycles. The van der Waals surface area contributed by atoms with Gasteiger partial charge in [0.15, 0.2) is 0 Å². The molecule has 2 rings (SSSR count). The molecular formula is C18H21Cl2NO. The molecule has 4 heteroatoms. The molecule has 0 saturated heterocycles. The number of ether oxygens (including phenoxy) is 1. The molecule has 0 unspecified atom stereocenters. The van der Waals surface area contributed by atoms with Crippen LogP contribution in [0.5, 0.6) is 5.75 Å². The van der Waals surface area contributed by atoms with E-state index in [1.54, 1.807) is 0 Å². The van der Waals surface area contributed by atoms with Gasteiger partial charge in [0.1, 0.15) is 12.4 Å². The van der Waals surface area contributed by atoms with E-state index in [2.05, 4.69) is 18.3 Å². The molecule has 0 fully saturated rings. The molecule has 2 aromatic carbocycles. The Balaban J connectivity index is 1.93. The fourth-order valence-corrected chi connectivity index (χ4v) is 2.61. The van der Waals surface area contributed by atoms with Gasteiger partial charge in [-0.1, -0.05) is 54.7 Å². The average Bonchev–Trinajstić information content (AvgIpc) is 2.52. The van der Waals surface area contributed by atoms with Gasteiger partial charge in [-0.05, 0) is 42.8 Å². The van der Waals surface area contributed by atoms with Crippen LogP contribution < -0.4 is 10.1 Å². The quantitative estimate of drug-likeness (QED) is 0.645. The molecule has 118 valence electrons. The maximum absolute atomic E-state index is 6.15. The first-order chi connectivity index (χ1) is 10.7. The lowest BCUT2D eigenvalue weighted by Gasteiger charge is -2.11. The molecule has 0 amide bonds. The Morgan fingerprint density at radius 3 is 2.50 bits per heavy atom. The molecule has 0 spiro atoms. The van der Waals surface area contributed by atoms with Crippen molar-refractivity contribution in [3.63, 3.8) is 0 Å². The standard InChI is InChI=1S/C18H21Cl2NO/c1-2-3-10-21-12-14-6-4-7-15(11-14)22-13-16-17(19)8-5-9-18(16)20/h4-9,11,21H,2-3,10,12-13H2,1H3. The second-order valence-corrected chi connectivity index (χ2v) is 5.98. The molecular weight excluding hydrogens is 317 g/mol. The lowest BCUT2D eigenvalue weighted by atomic mass is 10.2. The maximum Gasteiger partial charge on any atom is 0.120 e. The number of rotatable bonds is 8. The monoisotopic (exact) mass is 337 g/mol. The van der Waals surface area contributed by atoms with Crippen LogP contribution in [0.4, 0.5) is 0 Å². The summed E-state index contributed by atoms with van der Waals surface area (Å²) in [4.78, 5) is 0. The Hall–Kier alpha value is -1.22. The number of hydrogen-bond donors (Lipinski definition) is 1. The van der Waals surface area contributed by atoms with Crippen molar-refractivity contribution in [2.45, 2.75) is 32.9 Å². The van der Waals surface area contributed by atoms with Gasteiger partial charge >= 0.3 is 0 Å². The molecule has 0 saturated carbocycles. The van der Waals surface area contributed by atoms with Crippen LogP contribution in [0.2, 0.25) is 10.0 Å². The van der Waals surface area contributed by atoms with E-state index in [9.17, 15) is 0 Å². The van der Waals surface area contributed by atoms with Crippen LogP contribution in [0.1, 0.15) is 30.9 Å². The average molecular weight is 338 g/mol. The molecule has 0 atom stereocenters. The van der Waals surface area contributed by atoms with Gasteiger partial charge in [-0.15, -0.1) is 0 Å². The van der Waals surface area contributed by atoms with Gasteiger partial charge in [-0.2, -0.15) is 0 Å². The second-order valence-electron chi connectivity index (χ2n) is 5.17. The third-order valence-electron chi connectivity index (χ3n) is 3.38. The van der Waals surface area contributed by atoms with Crippen molar-refractivity contribution in [1.29, 1.82) is 0 Å². The topological polar surface area (TPSA) is 21.3 Å². The van der Waals surface area contributed by atoms with Gasteiger partial charge < -0.3 is 10.1 Å². The molecule has 0 radical (unpaired) electrons. The number of nitrogens with one attached hydrogen (secondary N) is 1. The summed E-state index contributed by atoms with van der Waals surface area (Å²) >= 11 is 12.3. The van der Waals surface area contributed by atoms with Crippen molar-refractivity contribution in [2.24, 2.45) is 0 Å². The summed E-state index contributed by atoms with van der Waals surface area (Å²) in [6.07, 6.45) is 2.40. The lowest BCUT2D eigenvalue weighted by Crippen LogP contribution is -2.14. The van der Waals surface area contributed by atoms with E-state index in [0.717, 1.165) is 24.4 Å². The molecule has 2 aromatic rings. The fourth-order valence-electron chi connectivity index (χ4n) is 2.11. The third kappa shape index (κ3) is 5.20. The van der Waals surface area contributed by atoms with Crippen molar-refractivity contribution in [3.05, 3.63) is 63.6 Å². The van der Waals surface area contributed by atoms with E-state index >= 15 is 0 Å². The van der Waals surface area contributed by atoms with Crippen molar-refractivity contribution >= 4 is 23.2 Å². The Bertz CT molecular complexity index is 581. The lowest BCUT2D eigenvalue weighted by molar-refractivity contribution is 0.306. The van der Waals surface area contributed by atoms with Crippen molar-refractivity contribution < 1.29 is 4.74 Å². The minimum absolute atomic E-state index is 0.366. The number of unbranched alkanes of at least 4 members (excludes halogenated alkanes) is 1. The van der Waals surface area contributed by atoms with E-state index in [1.165, 1.54) is 18.4 Å². The highest BCUT2D eigenvalue weighted by molar-refractivity contribution is 6.35. The van der Waals surface area contributed by atoms with Crippen LogP contribution in [-0.4, -0.2) is 6.54 Å². The number of hydrogen-bond acceptors (Lipinski definition) is 2. The highest BCUT2D eigenvalue weighted by atomic mass is 35.5. The summed E-state index contributed by atoms with van der Waals surface area (Å²) in [6, 6.07) is 13.6. The van der Waals surface area contributed by atoms with Crippen LogP contribution in [0.15, 0.2) is 42.5 Å². The first-order valence-electron chi connectivity index (χ1n) is 7.56. The van der Waals surface area contributed by atoms with Gasteiger partial charge in [0.2, 0.25) is 0 Å². The molecule has 2 nitrogen and oxygen atoms in total. The maximum atomic E-state index is 6.15. The van der Waals surface area contributed by atoms with Crippen LogP contribution in [0.25, 0.3) is 0 Å². The SMILES string of the molecule is CCCCNCc1cccc(OCc2c(Cl)cccc2Cl)c1. The van der Waals surface area contributed by atoms with Crippen molar-refractivity contribution in [3.8, 4) is 5.75 Å². The normalized spacial score (nSPS) is 10.7. The second kappa shape index (κ2) is 9.04. The molecule has 0 bridgehead atoms. The van der Waals surface area contributed by atoms with Gasteiger partial charge in [0.05, 0.1) is 0 Å². The van der Waals surface area contributed by atoms with Crippen LogP contribution in [-0.2, 0) is 13.2 Å². The molecule has 0 aliphatic rings. The molecule has 22 heavy (non-hydrogen) atoms. The highest BCUT2D eigenvalue weighted by Crippen LogP contribution is 2.26. The van der Waals surface area contributed by atoms with E-state index in [4.69, 9.17) is 27.9 Å². The smallest absolute Gasteiger partial charge is 0.120 e. The van der Waals surface area contributed by atoms with E-state index < -0.39 is 0 Å². The van der Waals surface area contributed by atoms with Crippen LogP contribution >= 0.6 is 23.2 Å². The first-order valence-corrected chi connectivity index (χ1v) is 8.31. The Morgan fingerprint density at radius 2 is 1.77 bits per heavy atom. The minimum Gasteiger partial charge on any atom is -0.489 e. The van der Waals surface area contributed by atoms with Gasteiger partial charge in [0, 0.05) is 22.2 Å². The molecule has 0 heterocycles. The largest absolute Gasteiger partial charge is 0.489 e. The zero-order valence-electron chi connectivity index (χ0n) is 12.7. The fraction of sp³-hybridized carbons (Fsp3) is 0.333. The molecule has 1 N–H and O–H groups in total. The highest BCUT2D eigenvalue weighted by Gasteiger charge is 2.06. The summed E-state index contributed by atoms with van der Waals surface area (Å²) in [5.74, 6) is 0.825. The van der Waals surface area contributed by atoms with Crippen molar-refractivity contribution in [1.82, 2.24) is 5.32 Å². The van der Waals surface area contributed by atoms with E-state index in [-0.39, 0.29) is 0 Å². The molecule has 0 aromatic heterocycles. The predicted molar refractivity (Wildman–Crippen MR) is 93.9 cm³/mol. The van der Waals surface area contributed by atoms with Gasteiger partial charge in [-0.25, -0.2) is 0 Å². The number of benzene rings is 2. The van der Waals surface area contributed by atoms with Crippen LogP contribution in [0.3, 0.4) is 0 Å². The minimum atomic E-state index is 0.366. The summed E-state index contributed by atoms with van der Waals surface area (Å²) in [5.41, 5.74) is 2.02. The summed E-state index contributed by atoms with van der Waals surface area (Å²) in [6.45, 7) is 4.45. The number of halogens is 2. The van der Waals surface area contributed by atoms with E-state index in [1.807, 2.05) is 36.4 Å². The van der Waals surface area contributed by atoms with Crippen molar-refractivity contribution in [2.75, 3.05) is 6.54 Å². The third-order valence-corrected chi connectivity index (χ3v) is 4.09. The summed E-state index contributed by atoms with van der Waals surface area (Å²) < 4.78 is 5.83. The summed E-state index contributed by atoms with van der Waals surface area (Å²) in [7, 11) is 0. The van der Waals surface area contributed by atoms with Crippen LogP contribution in [0, 0.1) is 0 Å².